The lowest BCUT2D eigenvalue weighted by atomic mass is 10.3. The Bertz CT molecular complexity index is 77.1. The lowest BCUT2D eigenvalue weighted by Crippen LogP contribution is -2.27. The lowest BCUT2D eigenvalue weighted by Gasteiger charge is -2.14. The monoisotopic (exact) mass is 131 g/mol. The molecule has 0 unspecified atom stereocenters. The predicted molar refractivity (Wildman–Crippen MR) is 33.7 cm³/mol. The van der Waals surface area contributed by atoms with Gasteiger partial charge in [0, 0.05) is 7.11 Å². The molecule has 3 heteroatoms. The fraction of sp³-hybridized carbons (Fsp3) is 1.00. The van der Waals surface area contributed by atoms with Gasteiger partial charge in [-0.3, -0.25) is 4.84 Å². The van der Waals surface area contributed by atoms with Crippen LogP contribution in [0.25, 0.3) is 0 Å². The average Bonchev–Trinajstić information content (AvgIpc) is 2.33. The van der Waals surface area contributed by atoms with Crippen molar-refractivity contribution in [2.45, 2.75) is 31.5 Å². The van der Waals surface area contributed by atoms with E-state index in [1.807, 2.05) is 0 Å². The van der Waals surface area contributed by atoms with Crippen LogP contribution in [0.5, 0.6) is 0 Å². The van der Waals surface area contributed by atoms with E-state index in [1.54, 1.807) is 7.11 Å². The minimum Gasteiger partial charge on any atom is -0.379 e. The van der Waals surface area contributed by atoms with Crippen molar-refractivity contribution in [1.82, 2.24) is 0 Å². The Morgan fingerprint density at radius 3 is 2.44 bits per heavy atom. The van der Waals surface area contributed by atoms with Crippen molar-refractivity contribution in [1.29, 1.82) is 0 Å². The highest BCUT2D eigenvalue weighted by Gasteiger charge is 2.26. The van der Waals surface area contributed by atoms with Gasteiger partial charge in [0.1, 0.15) is 6.10 Å². The summed E-state index contributed by atoms with van der Waals surface area (Å²) in [7, 11) is 1.70. The van der Waals surface area contributed by atoms with Gasteiger partial charge in [0.15, 0.2) is 0 Å². The van der Waals surface area contributed by atoms with Crippen molar-refractivity contribution >= 4 is 0 Å². The SMILES string of the molecule is CO[C@@H]1CCC[C@H]1ON. The average molecular weight is 131 g/mol. The van der Waals surface area contributed by atoms with Crippen molar-refractivity contribution < 1.29 is 9.57 Å². The largest absolute Gasteiger partial charge is 0.379 e. The molecule has 0 aromatic carbocycles. The molecule has 3 nitrogen and oxygen atoms in total. The van der Waals surface area contributed by atoms with Crippen molar-refractivity contribution in [2.24, 2.45) is 5.90 Å². The van der Waals surface area contributed by atoms with Crippen LogP contribution in [-0.4, -0.2) is 19.3 Å². The second-order valence-corrected chi connectivity index (χ2v) is 2.38. The van der Waals surface area contributed by atoms with Gasteiger partial charge in [-0.2, -0.15) is 0 Å². The summed E-state index contributed by atoms with van der Waals surface area (Å²) < 4.78 is 5.11. The molecule has 0 aliphatic heterocycles. The Balaban J connectivity index is 2.32. The van der Waals surface area contributed by atoms with Crippen LogP contribution in [-0.2, 0) is 9.57 Å². The number of nitrogens with two attached hydrogens (primary N) is 1. The highest BCUT2D eigenvalue weighted by molar-refractivity contribution is 4.77. The van der Waals surface area contributed by atoms with E-state index in [9.17, 15) is 0 Å². The van der Waals surface area contributed by atoms with E-state index in [-0.39, 0.29) is 12.2 Å². The summed E-state index contributed by atoms with van der Waals surface area (Å²) in [6.45, 7) is 0. The Labute approximate surface area is 55.1 Å². The zero-order chi connectivity index (χ0) is 6.69. The van der Waals surface area contributed by atoms with Gasteiger partial charge in [-0.1, -0.05) is 0 Å². The highest BCUT2D eigenvalue weighted by atomic mass is 16.6. The summed E-state index contributed by atoms with van der Waals surface area (Å²) in [5.41, 5.74) is 0. The van der Waals surface area contributed by atoms with Crippen LogP contribution in [0.15, 0.2) is 0 Å². The molecule has 54 valence electrons. The first-order chi connectivity index (χ1) is 4.38. The number of hydrogen-bond donors (Lipinski definition) is 1. The molecule has 2 atom stereocenters. The maximum absolute atomic E-state index is 5.11. The fourth-order valence-corrected chi connectivity index (χ4v) is 1.32. The summed E-state index contributed by atoms with van der Waals surface area (Å²) >= 11 is 0. The van der Waals surface area contributed by atoms with Crippen LogP contribution in [0.2, 0.25) is 0 Å². The molecule has 0 amide bonds. The quantitative estimate of drug-likeness (QED) is 0.553. The molecule has 0 saturated heterocycles. The number of rotatable bonds is 2. The zero-order valence-corrected chi connectivity index (χ0v) is 5.67. The van der Waals surface area contributed by atoms with Crippen molar-refractivity contribution in [3.63, 3.8) is 0 Å². The van der Waals surface area contributed by atoms with E-state index in [0.717, 1.165) is 12.8 Å². The smallest absolute Gasteiger partial charge is 0.105 e. The molecule has 9 heavy (non-hydrogen) atoms. The molecule has 0 bridgehead atoms. The van der Waals surface area contributed by atoms with Gasteiger partial charge in [-0.25, -0.2) is 5.90 Å². The van der Waals surface area contributed by atoms with Crippen molar-refractivity contribution in [3.8, 4) is 0 Å². The summed E-state index contributed by atoms with van der Waals surface area (Å²) in [5.74, 6) is 5.02. The minimum atomic E-state index is 0.134. The molecule has 0 aromatic heterocycles. The number of methoxy groups -OCH3 is 1. The van der Waals surface area contributed by atoms with E-state index >= 15 is 0 Å². The normalized spacial score (nSPS) is 35.3. The Hall–Kier alpha value is -0.120. The fourth-order valence-electron chi connectivity index (χ4n) is 1.32. The van der Waals surface area contributed by atoms with Gasteiger partial charge in [0.2, 0.25) is 0 Å². The maximum atomic E-state index is 5.11. The van der Waals surface area contributed by atoms with Crippen LogP contribution in [0, 0.1) is 0 Å². The van der Waals surface area contributed by atoms with Crippen LogP contribution in [0.1, 0.15) is 19.3 Å². The first-order valence-electron chi connectivity index (χ1n) is 3.27. The van der Waals surface area contributed by atoms with Crippen molar-refractivity contribution in [2.75, 3.05) is 7.11 Å². The van der Waals surface area contributed by atoms with Gasteiger partial charge >= 0.3 is 0 Å². The summed E-state index contributed by atoms with van der Waals surface area (Å²) in [6.07, 6.45) is 3.65. The third kappa shape index (κ3) is 1.41. The molecule has 1 aliphatic rings. The Morgan fingerprint density at radius 2 is 2.00 bits per heavy atom. The highest BCUT2D eigenvalue weighted by Crippen LogP contribution is 2.22. The molecule has 1 rings (SSSR count). The van der Waals surface area contributed by atoms with E-state index < -0.39 is 0 Å². The van der Waals surface area contributed by atoms with Gasteiger partial charge in [0.05, 0.1) is 6.10 Å². The van der Waals surface area contributed by atoms with Crippen LogP contribution < -0.4 is 5.90 Å². The Morgan fingerprint density at radius 1 is 1.33 bits per heavy atom. The summed E-state index contributed by atoms with van der Waals surface area (Å²) in [5, 5.41) is 0. The lowest BCUT2D eigenvalue weighted by molar-refractivity contribution is -0.0395. The third-order valence-electron chi connectivity index (χ3n) is 1.87. The molecule has 2 N–H and O–H groups in total. The Kier molecular flexibility index (Phi) is 2.45. The molecular weight excluding hydrogens is 118 g/mol. The van der Waals surface area contributed by atoms with Crippen LogP contribution in [0.4, 0.5) is 0 Å². The molecule has 0 radical (unpaired) electrons. The molecule has 1 aliphatic carbocycles. The first kappa shape index (κ1) is 6.99. The standard InChI is InChI=1S/C6H13NO2/c1-8-5-3-2-4-6(5)9-7/h5-6H,2-4,7H2,1H3/t5-,6-/m1/s1. The van der Waals surface area contributed by atoms with Crippen molar-refractivity contribution in [3.05, 3.63) is 0 Å². The predicted octanol–water partition coefficient (Wildman–Crippen LogP) is 0.444. The van der Waals surface area contributed by atoms with Gasteiger partial charge in [-0.15, -0.1) is 0 Å². The molecule has 0 aromatic rings. The van der Waals surface area contributed by atoms with E-state index in [4.69, 9.17) is 10.6 Å². The van der Waals surface area contributed by atoms with Crippen LogP contribution >= 0.6 is 0 Å². The van der Waals surface area contributed by atoms with Gasteiger partial charge in [-0.05, 0) is 19.3 Å². The number of hydrogen-bond acceptors (Lipinski definition) is 3. The van der Waals surface area contributed by atoms with Crippen LogP contribution in [0.3, 0.4) is 0 Å². The third-order valence-corrected chi connectivity index (χ3v) is 1.87. The zero-order valence-electron chi connectivity index (χ0n) is 5.67. The molecule has 1 saturated carbocycles. The number of ether oxygens (including phenoxy) is 1. The molecule has 0 heterocycles. The maximum Gasteiger partial charge on any atom is 0.105 e. The second-order valence-electron chi connectivity index (χ2n) is 2.38. The van der Waals surface area contributed by atoms with Gasteiger partial charge < -0.3 is 4.74 Å². The van der Waals surface area contributed by atoms with E-state index in [2.05, 4.69) is 4.84 Å². The summed E-state index contributed by atoms with van der Waals surface area (Å²) in [4.78, 5) is 4.69. The summed E-state index contributed by atoms with van der Waals surface area (Å²) in [6, 6.07) is 0. The first-order valence-corrected chi connectivity index (χ1v) is 3.27. The molecule has 1 fully saturated rings. The molecule has 0 spiro atoms. The van der Waals surface area contributed by atoms with E-state index in [0.29, 0.717) is 0 Å². The topological polar surface area (TPSA) is 44.5 Å². The van der Waals surface area contributed by atoms with Gasteiger partial charge in [0.25, 0.3) is 0 Å². The second kappa shape index (κ2) is 3.15. The minimum absolute atomic E-state index is 0.134. The van der Waals surface area contributed by atoms with E-state index in [1.165, 1.54) is 6.42 Å². The molecular formula is C6H13NO2.